The molecule has 4 rings (SSSR count). The van der Waals surface area contributed by atoms with Gasteiger partial charge in [-0.2, -0.15) is 18.3 Å². The molecule has 0 amide bonds. The zero-order valence-electron chi connectivity index (χ0n) is 11.9. The van der Waals surface area contributed by atoms with E-state index in [4.69, 9.17) is 0 Å². The van der Waals surface area contributed by atoms with E-state index in [2.05, 4.69) is 26.0 Å². The first-order chi connectivity index (χ1) is 10.9. The Morgan fingerprint density at radius 2 is 1.83 bits per heavy atom. The number of aromatic nitrogens is 3. The fraction of sp³-hybridized carbons (Fsp3) is 0.250. The van der Waals surface area contributed by atoms with Crippen molar-refractivity contribution < 1.29 is 13.2 Å². The van der Waals surface area contributed by atoms with Crippen LogP contribution in [0.5, 0.6) is 0 Å². The summed E-state index contributed by atoms with van der Waals surface area (Å²) in [5, 5.41) is 4.18. The topological polar surface area (TPSA) is 30.2 Å². The smallest absolute Gasteiger partial charge is 0.233 e. The van der Waals surface area contributed by atoms with Gasteiger partial charge in [0.25, 0.3) is 0 Å². The molecule has 0 saturated carbocycles. The maximum atomic E-state index is 13.5. The Bertz CT molecular complexity index is 898. The third-order valence-electron chi connectivity index (χ3n) is 4.03. The minimum absolute atomic E-state index is 0.246. The van der Waals surface area contributed by atoms with Gasteiger partial charge in [-0.3, -0.25) is 0 Å². The first-order valence-corrected chi connectivity index (χ1v) is 7.97. The molecule has 0 atom stereocenters. The first kappa shape index (κ1) is 14.7. The van der Waals surface area contributed by atoms with Crippen molar-refractivity contribution in [3.05, 3.63) is 51.8 Å². The number of rotatable bonds is 1. The predicted molar refractivity (Wildman–Crippen MR) is 83.2 cm³/mol. The van der Waals surface area contributed by atoms with Crippen molar-refractivity contribution in [2.24, 2.45) is 0 Å². The second-order valence-corrected chi connectivity index (χ2v) is 6.46. The minimum atomic E-state index is -4.45. The summed E-state index contributed by atoms with van der Waals surface area (Å²) in [4.78, 5) is 4.38. The highest BCUT2D eigenvalue weighted by Crippen LogP contribution is 2.37. The van der Waals surface area contributed by atoms with E-state index >= 15 is 0 Å². The van der Waals surface area contributed by atoms with Gasteiger partial charge in [0.2, 0.25) is 0 Å². The standard InChI is InChI=1S/C16H11BrF3N3/c17-10-6-4-9(5-7-10)13-8-14-21-12-3-1-2-11(12)15(16(18,19)20)23(14)22-13/h4-8H,1-3H2. The third-order valence-corrected chi connectivity index (χ3v) is 4.56. The average molecular weight is 382 g/mol. The fourth-order valence-corrected chi connectivity index (χ4v) is 3.31. The number of fused-ring (bicyclic) bond motifs is 2. The van der Waals surface area contributed by atoms with Gasteiger partial charge in [0.1, 0.15) is 0 Å². The van der Waals surface area contributed by atoms with Crippen LogP contribution in [0.2, 0.25) is 0 Å². The van der Waals surface area contributed by atoms with Crippen LogP contribution in [0.4, 0.5) is 13.2 Å². The molecule has 0 saturated heterocycles. The Balaban J connectivity index is 1.97. The van der Waals surface area contributed by atoms with Crippen LogP contribution in [0.1, 0.15) is 23.4 Å². The maximum Gasteiger partial charge on any atom is 0.433 e. The summed E-state index contributed by atoms with van der Waals surface area (Å²) in [5.74, 6) is 0. The van der Waals surface area contributed by atoms with Crippen LogP contribution in [-0.4, -0.2) is 14.6 Å². The van der Waals surface area contributed by atoms with Gasteiger partial charge in [0.15, 0.2) is 11.3 Å². The van der Waals surface area contributed by atoms with Crippen molar-refractivity contribution in [2.75, 3.05) is 0 Å². The summed E-state index contributed by atoms with van der Waals surface area (Å²) < 4.78 is 42.5. The highest BCUT2D eigenvalue weighted by atomic mass is 79.9. The molecule has 2 heterocycles. The van der Waals surface area contributed by atoms with Gasteiger partial charge in [-0.15, -0.1) is 0 Å². The Morgan fingerprint density at radius 3 is 2.52 bits per heavy atom. The van der Waals surface area contributed by atoms with Gasteiger partial charge in [-0.05, 0) is 31.4 Å². The molecular weight excluding hydrogens is 371 g/mol. The van der Waals surface area contributed by atoms with Crippen molar-refractivity contribution in [1.29, 1.82) is 0 Å². The Hall–Kier alpha value is -1.89. The normalized spacial score (nSPS) is 14.4. The lowest BCUT2D eigenvalue weighted by atomic mass is 10.1. The van der Waals surface area contributed by atoms with Crippen molar-refractivity contribution >= 4 is 21.6 Å². The maximum absolute atomic E-state index is 13.5. The number of nitrogens with zero attached hydrogens (tertiary/aromatic N) is 3. The van der Waals surface area contributed by atoms with E-state index in [0.29, 0.717) is 30.7 Å². The van der Waals surface area contributed by atoms with E-state index in [9.17, 15) is 13.2 Å². The van der Waals surface area contributed by atoms with Crippen molar-refractivity contribution in [2.45, 2.75) is 25.4 Å². The molecule has 0 fully saturated rings. The highest BCUT2D eigenvalue weighted by molar-refractivity contribution is 9.10. The van der Waals surface area contributed by atoms with Crippen molar-refractivity contribution in [3.8, 4) is 11.3 Å². The molecule has 0 unspecified atom stereocenters. The molecule has 0 spiro atoms. The van der Waals surface area contributed by atoms with Crippen molar-refractivity contribution in [3.63, 3.8) is 0 Å². The molecule has 0 aliphatic heterocycles. The van der Waals surface area contributed by atoms with E-state index in [1.165, 1.54) is 0 Å². The first-order valence-electron chi connectivity index (χ1n) is 7.18. The van der Waals surface area contributed by atoms with Gasteiger partial charge in [-0.25, -0.2) is 9.50 Å². The molecule has 2 aromatic heterocycles. The molecule has 0 bridgehead atoms. The summed E-state index contributed by atoms with van der Waals surface area (Å²) >= 11 is 3.34. The number of halogens is 4. The lowest BCUT2D eigenvalue weighted by Gasteiger charge is -2.13. The highest BCUT2D eigenvalue weighted by Gasteiger charge is 2.39. The summed E-state index contributed by atoms with van der Waals surface area (Å²) in [7, 11) is 0. The number of hydrogen-bond acceptors (Lipinski definition) is 2. The van der Waals surface area contributed by atoms with Gasteiger partial charge in [0, 0.05) is 27.4 Å². The van der Waals surface area contributed by atoms with Gasteiger partial charge < -0.3 is 0 Å². The van der Waals surface area contributed by atoms with Crippen LogP contribution in [0.25, 0.3) is 16.9 Å². The number of aryl methyl sites for hydroxylation is 1. The SMILES string of the molecule is FC(F)(F)c1c2c(nc3cc(-c4ccc(Br)cc4)nn13)CCC2. The van der Waals surface area contributed by atoms with Gasteiger partial charge in [0.05, 0.1) is 5.69 Å². The molecular formula is C16H11BrF3N3. The van der Waals surface area contributed by atoms with Crippen molar-refractivity contribution in [1.82, 2.24) is 14.6 Å². The monoisotopic (exact) mass is 381 g/mol. The van der Waals surface area contributed by atoms with E-state index in [1.807, 2.05) is 24.3 Å². The third kappa shape index (κ3) is 2.43. The van der Waals surface area contributed by atoms with E-state index < -0.39 is 11.9 Å². The van der Waals surface area contributed by atoms with Gasteiger partial charge in [-0.1, -0.05) is 28.1 Å². The summed E-state index contributed by atoms with van der Waals surface area (Å²) in [6, 6.07) is 8.89. The average Bonchev–Trinajstić information content (AvgIpc) is 3.09. The lowest BCUT2D eigenvalue weighted by Crippen LogP contribution is -2.17. The quantitative estimate of drug-likeness (QED) is 0.613. The van der Waals surface area contributed by atoms with E-state index in [1.54, 1.807) is 6.07 Å². The molecule has 3 nitrogen and oxygen atoms in total. The molecule has 23 heavy (non-hydrogen) atoms. The second kappa shape index (κ2) is 5.06. The summed E-state index contributed by atoms with van der Waals surface area (Å²) in [6.07, 6.45) is -2.74. The minimum Gasteiger partial charge on any atom is -0.233 e. The zero-order valence-corrected chi connectivity index (χ0v) is 13.4. The molecule has 1 aliphatic carbocycles. The Morgan fingerprint density at radius 1 is 1.09 bits per heavy atom. The molecule has 0 N–H and O–H groups in total. The van der Waals surface area contributed by atoms with Gasteiger partial charge >= 0.3 is 6.18 Å². The van der Waals surface area contributed by atoms with Crippen LogP contribution >= 0.6 is 15.9 Å². The second-order valence-electron chi connectivity index (χ2n) is 5.54. The number of hydrogen-bond donors (Lipinski definition) is 0. The summed E-state index contributed by atoms with van der Waals surface area (Å²) in [6.45, 7) is 0. The largest absolute Gasteiger partial charge is 0.433 e. The summed E-state index contributed by atoms with van der Waals surface area (Å²) in [5.41, 5.74) is 1.64. The lowest BCUT2D eigenvalue weighted by molar-refractivity contribution is -0.143. The van der Waals surface area contributed by atoms with Crippen LogP contribution in [-0.2, 0) is 19.0 Å². The van der Waals surface area contributed by atoms with E-state index in [-0.39, 0.29) is 11.2 Å². The molecule has 7 heteroatoms. The van der Waals surface area contributed by atoms with Crippen LogP contribution in [0, 0.1) is 0 Å². The predicted octanol–water partition coefficient (Wildman–Crippen LogP) is 4.67. The number of benzene rings is 1. The molecule has 1 aromatic carbocycles. The van der Waals surface area contributed by atoms with E-state index in [0.717, 1.165) is 14.6 Å². The molecule has 0 radical (unpaired) electrons. The molecule has 118 valence electrons. The fourth-order valence-electron chi connectivity index (χ4n) is 3.04. The van der Waals surface area contributed by atoms with Crippen LogP contribution in [0.15, 0.2) is 34.8 Å². The number of alkyl halides is 3. The van der Waals surface area contributed by atoms with Crippen LogP contribution in [0.3, 0.4) is 0 Å². The zero-order chi connectivity index (χ0) is 16.2. The molecule has 3 aromatic rings. The van der Waals surface area contributed by atoms with Crippen LogP contribution < -0.4 is 0 Å². The molecule has 1 aliphatic rings. The Kier molecular flexibility index (Phi) is 3.23. The Labute approximate surface area is 138 Å².